The van der Waals surface area contributed by atoms with Crippen molar-refractivity contribution in [1.29, 1.82) is 0 Å². The zero-order chi connectivity index (χ0) is 25.6. The van der Waals surface area contributed by atoms with Gasteiger partial charge in [-0.1, -0.05) is 6.07 Å². The average Bonchev–Trinajstić information content (AvgIpc) is 2.81. The van der Waals surface area contributed by atoms with Crippen LogP contribution in [0, 0.1) is 0 Å². The summed E-state index contributed by atoms with van der Waals surface area (Å²) in [6, 6.07) is 9.28. The summed E-state index contributed by atoms with van der Waals surface area (Å²) in [6.45, 7) is 5.97. The molecule has 0 bridgehead atoms. The van der Waals surface area contributed by atoms with Gasteiger partial charge in [-0.3, -0.25) is 9.59 Å². The number of aliphatic hydroxyl groups excluding tert-OH is 1. The van der Waals surface area contributed by atoms with Gasteiger partial charge in [-0.05, 0) is 56.5 Å². The van der Waals surface area contributed by atoms with Crippen LogP contribution in [0.4, 0.5) is 11.4 Å². The highest BCUT2D eigenvalue weighted by atomic mass is 16.5. The van der Waals surface area contributed by atoms with E-state index in [9.17, 15) is 14.7 Å². The number of β-amino-alcohol motifs (C(OH)–C–C–N with tert-alkyl or cyclic N) is 1. The van der Waals surface area contributed by atoms with Crippen LogP contribution in [0.5, 0.6) is 17.2 Å². The van der Waals surface area contributed by atoms with Crippen molar-refractivity contribution in [3.05, 3.63) is 41.5 Å². The van der Waals surface area contributed by atoms with Gasteiger partial charge in [0, 0.05) is 31.0 Å². The van der Waals surface area contributed by atoms with Crippen LogP contribution in [0.2, 0.25) is 0 Å². The Labute approximate surface area is 206 Å². The first kappa shape index (κ1) is 26.3. The van der Waals surface area contributed by atoms with E-state index in [1.165, 1.54) is 6.92 Å². The van der Waals surface area contributed by atoms with E-state index in [1.807, 2.05) is 18.2 Å². The van der Waals surface area contributed by atoms with Crippen molar-refractivity contribution in [1.82, 2.24) is 5.32 Å². The summed E-state index contributed by atoms with van der Waals surface area (Å²) in [5.74, 6) is 1.61. The summed E-state index contributed by atoms with van der Waals surface area (Å²) in [7, 11) is 3.22. The molecule has 1 aliphatic rings. The first-order valence-corrected chi connectivity index (χ1v) is 11.6. The topological polar surface area (TPSA) is 118 Å². The van der Waals surface area contributed by atoms with Crippen LogP contribution in [-0.4, -0.2) is 55.9 Å². The average molecular weight is 486 g/mol. The van der Waals surface area contributed by atoms with Crippen LogP contribution in [0.25, 0.3) is 0 Å². The van der Waals surface area contributed by atoms with Crippen molar-refractivity contribution in [2.24, 2.45) is 0 Å². The maximum absolute atomic E-state index is 11.9. The number of benzene rings is 2. The largest absolute Gasteiger partial charge is 0.493 e. The summed E-state index contributed by atoms with van der Waals surface area (Å²) >= 11 is 0. The van der Waals surface area contributed by atoms with E-state index in [4.69, 9.17) is 14.2 Å². The molecule has 9 heteroatoms. The lowest BCUT2D eigenvalue weighted by Gasteiger charge is -2.28. The lowest BCUT2D eigenvalue weighted by molar-refractivity contribution is -0.116. The van der Waals surface area contributed by atoms with Gasteiger partial charge < -0.3 is 35.3 Å². The van der Waals surface area contributed by atoms with Crippen molar-refractivity contribution in [3.8, 4) is 17.2 Å². The maximum Gasteiger partial charge on any atom is 0.224 e. The van der Waals surface area contributed by atoms with Crippen molar-refractivity contribution >= 4 is 23.2 Å². The second-order valence-corrected chi connectivity index (χ2v) is 9.29. The van der Waals surface area contributed by atoms with E-state index in [0.717, 1.165) is 17.5 Å². The molecule has 1 unspecified atom stereocenters. The Hall–Kier alpha value is -3.30. The highest BCUT2D eigenvalue weighted by molar-refractivity contribution is 6.02. The minimum Gasteiger partial charge on any atom is -0.493 e. The minimum absolute atomic E-state index is 0.0826. The van der Waals surface area contributed by atoms with Gasteiger partial charge >= 0.3 is 0 Å². The molecule has 9 nitrogen and oxygen atoms in total. The molecule has 35 heavy (non-hydrogen) atoms. The van der Waals surface area contributed by atoms with Gasteiger partial charge in [-0.2, -0.15) is 0 Å². The molecule has 1 heterocycles. The number of rotatable bonds is 11. The standard InChI is InChI=1S/C26H35N3O6/c1-16(30)28-20-8-10-21(19-7-11-24(32)29-25(19)20)35-15-18(31)14-27-26(2,3)13-17-6-9-22(33-4)23(12-17)34-5/h6,8-10,12,18,27,31H,7,11,13-15H2,1-5H3,(H,28,30)(H,29,32). The molecule has 0 spiro atoms. The molecule has 2 amide bonds. The number of aliphatic hydroxyl groups is 1. The Morgan fingerprint density at radius 3 is 2.51 bits per heavy atom. The maximum atomic E-state index is 11.9. The van der Waals surface area contributed by atoms with Gasteiger partial charge in [-0.25, -0.2) is 0 Å². The SMILES string of the molecule is COc1ccc(CC(C)(C)NCC(O)COc2ccc(NC(C)=O)c3c2CCC(=O)N3)cc1OC. The summed E-state index contributed by atoms with van der Waals surface area (Å²) in [5, 5.41) is 19.5. The summed E-state index contributed by atoms with van der Waals surface area (Å²) in [5.41, 5.74) is 2.69. The Morgan fingerprint density at radius 2 is 1.83 bits per heavy atom. The van der Waals surface area contributed by atoms with Crippen LogP contribution in [0.15, 0.2) is 30.3 Å². The number of nitrogens with one attached hydrogen (secondary N) is 3. The molecule has 1 atom stereocenters. The fourth-order valence-corrected chi connectivity index (χ4v) is 4.09. The summed E-state index contributed by atoms with van der Waals surface area (Å²) < 4.78 is 16.6. The van der Waals surface area contributed by atoms with Crippen LogP contribution < -0.4 is 30.2 Å². The van der Waals surface area contributed by atoms with E-state index >= 15 is 0 Å². The molecule has 0 saturated heterocycles. The number of ether oxygens (including phenoxy) is 3. The molecule has 0 fully saturated rings. The molecule has 3 rings (SSSR count). The number of anilines is 2. The van der Waals surface area contributed by atoms with E-state index in [1.54, 1.807) is 26.4 Å². The monoisotopic (exact) mass is 485 g/mol. The van der Waals surface area contributed by atoms with Gasteiger partial charge in [0.2, 0.25) is 11.8 Å². The molecule has 4 N–H and O–H groups in total. The van der Waals surface area contributed by atoms with Gasteiger partial charge in [0.1, 0.15) is 18.5 Å². The number of fused-ring (bicyclic) bond motifs is 1. The smallest absolute Gasteiger partial charge is 0.224 e. The quantitative estimate of drug-likeness (QED) is 0.387. The predicted molar refractivity (Wildman–Crippen MR) is 135 cm³/mol. The second-order valence-electron chi connectivity index (χ2n) is 9.29. The second kappa shape index (κ2) is 11.4. The Kier molecular flexibility index (Phi) is 8.58. The van der Waals surface area contributed by atoms with Crippen molar-refractivity contribution in [3.63, 3.8) is 0 Å². The summed E-state index contributed by atoms with van der Waals surface area (Å²) in [6.07, 6.45) is 0.806. The molecule has 1 aliphatic heterocycles. The Balaban J connectivity index is 1.58. The number of hydrogen-bond donors (Lipinski definition) is 4. The zero-order valence-corrected chi connectivity index (χ0v) is 21.0. The highest BCUT2D eigenvalue weighted by Gasteiger charge is 2.24. The van der Waals surface area contributed by atoms with Crippen molar-refractivity contribution in [2.45, 2.75) is 51.7 Å². The van der Waals surface area contributed by atoms with Gasteiger partial charge in [0.05, 0.1) is 25.6 Å². The number of amides is 2. The molecule has 2 aromatic carbocycles. The number of carbonyl (C=O) groups is 2. The lowest BCUT2D eigenvalue weighted by Crippen LogP contribution is -2.46. The summed E-state index contributed by atoms with van der Waals surface area (Å²) in [4.78, 5) is 23.4. The zero-order valence-electron chi connectivity index (χ0n) is 21.0. The van der Waals surface area contributed by atoms with Crippen LogP contribution >= 0.6 is 0 Å². The van der Waals surface area contributed by atoms with E-state index < -0.39 is 6.10 Å². The third-order valence-electron chi connectivity index (χ3n) is 5.79. The van der Waals surface area contributed by atoms with E-state index in [-0.39, 0.29) is 24.0 Å². The van der Waals surface area contributed by atoms with Crippen molar-refractivity contribution in [2.75, 3.05) is 38.0 Å². The first-order chi connectivity index (χ1) is 16.6. The number of methoxy groups -OCH3 is 2. The lowest BCUT2D eigenvalue weighted by atomic mass is 9.94. The minimum atomic E-state index is -0.747. The molecule has 0 saturated carbocycles. The fourth-order valence-electron chi connectivity index (χ4n) is 4.09. The van der Waals surface area contributed by atoms with Gasteiger partial charge in [0.15, 0.2) is 11.5 Å². The Morgan fingerprint density at radius 1 is 1.11 bits per heavy atom. The third-order valence-corrected chi connectivity index (χ3v) is 5.79. The Bertz CT molecular complexity index is 1070. The molecular weight excluding hydrogens is 450 g/mol. The van der Waals surface area contributed by atoms with Gasteiger partial charge in [-0.15, -0.1) is 0 Å². The molecule has 190 valence electrons. The predicted octanol–water partition coefficient (Wildman–Crippen LogP) is 2.90. The molecule has 0 aromatic heterocycles. The van der Waals surface area contributed by atoms with Crippen LogP contribution in [-0.2, 0) is 22.4 Å². The van der Waals surface area contributed by atoms with Crippen LogP contribution in [0.3, 0.4) is 0 Å². The molecule has 0 radical (unpaired) electrons. The van der Waals surface area contributed by atoms with E-state index in [0.29, 0.717) is 48.0 Å². The third kappa shape index (κ3) is 7.10. The molecular formula is C26H35N3O6. The van der Waals surface area contributed by atoms with Gasteiger partial charge in [0.25, 0.3) is 0 Å². The van der Waals surface area contributed by atoms with Crippen LogP contribution in [0.1, 0.15) is 38.3 Å². The first-order valence-electron chi connectivity index (χ1n) is 11.6. The number of hydrogen-bond acceptors (Lipinski definition) is 7. The van der Waals surface area contributed by atoms with Crippen molar-refractivity contribution < 1.29 is 28.9 Å². The highest BCUT2D eigenvalue weighted by Crippen LogP contribution is 2.37. The van der Waals surface area contributed by atoms with E-state index in [2.05, 4.69) is 29.8 Å². The fraction of sp³-hybridized carbons (Fsp3) is 0.462. The molecule has 0 aliphatic carbocycles. The molecule has 2 aromatic rings. The normalized spacial score (nSPS) is 13.9. The number of carbonyl (C=O) groups excluding carboxylic acids is 2.